The van der Waals surface area contributed by atoms with Crippen LogP contribution in [-0.4, -0.2) is 21.4 Å². The number of aryl methyl sites for hydroxylation is 1. The van der Waals surface area contributed by atoms with Crippen molar-refractivity contribution in [2.24, 2.45) is 0 Å². The molecule has 14 heavy (non-hydrogen) atoms. The van der Waals surface area contributed by atoms with Crippen molar-refractivity contribution in [1.82, 2.24) is 0 Å². The van der Waals surface area contributed by atoms with Crippen molar-refractivity contribution in [2.45, 2.75) is 19.1 Å². The maximum Gasteiger partial charge on any atom is 0.170 e. The van der Waals surface area contributed by atoms with Gasteiger partial charge in [-0.25, -0.2) is 0 Å². The highest BCUT2D eigenvalue weighted by Crippen LogP contribution is 2.23. The molecule has 0 aliphatic rings. The van der Waals surface area contributed by atoms with Crippen molar-refractivity contribution in [1.29, 1.82) is 5.26 Å². The molecule has 1 rings (SSSR count). The summed E-state index contributed by atoms with van der Waals surface area (Å²) in [7, 11) is 0. The van der Waals surface area contributed by atoms with Crippen molar-refractivity contribution in [3.63, 3.8) is 0 Å². The molecule has 1 aromatic carbocycles. The van der Waals surface area contributed by atoms with Crippen LogP contribution in [0.15, 0.2) is 18.2 Å². The molecule has 0 aliphatic heterocycles. The Labute approximate surface area is 81.7 Å². The molecule has 1 aromatic rings. The lowest BCUT2D eigenvalue weighted by molar-refractivity contribution is 0.0523. The highest BCUT2D eigenvalue weighted by Gasteiger charge is 2.19. The molecule has 0 aromatic heterocycles. The highest BCUT2D eigenvalue weighted by molar-refractivity contribution is 5.36. The Morgan fingerprint density at radius 3 is 2.50 bits per heavy atom. The van der Waals surface area contributed by atoms with Crippen molar-refractivity contribution in [3.8, 4) is 11.8 Å². The lowest BCUT2D eigenvalue weighted by Gasteiger charge is -2.14. The minimum atomic E-state index is -1.45. The molecule has 3 N–H and O–H groups in total. The minimum Gasteiger partial charge on any atom is -0.508 e. The second-order valence-corrected chi connectivity index (χ2v) is 3.06. The summed E-state index contributed by atoms with van der Waals surface area (Å²) in [6.07, 6.45) is -2.68. The SMILES string of the molecule is Cc1cc(O)ccc1C(O)C(O)C#N. The van der Waals surface area contributed by atoms with Gasteiger partial charge in [-0.15, -0.1) is 0 Å². The van der Waals surface area contributed by atoms with Crippen molar-refractivity contribution < 1.29 is 15.3 Å². The Balaban J connectivity index is 3.03. The molecular weight excluding hydrogens is 182 g/mol. The topological polar surface area (TPSA) is 84.5 Å². The predicted molar refractivity (Wildman–Crippen MR) is 49.4 cm³/mol. The largest absolute Gasteiger partial charge is 0.508 e. The van der Waals surface area contributed by atoms with Crippen molar-refractivity contribution in [3.05, 3.63) is 29.3 Å². The molecular formula is C10H11NO3. The molecule has 0 amide bonds. The number of aliphatic hydroxyl groups excluding tert-OH is 2. The van der Waals surface area contributed by atoms with E-state index in [9.17, 15) is 5.11 Å². The van der Waals surface area contributed by atoms with E-state index >= 15 is 0 Å². The van der Waals surface area contributed by atoms with Crippen LogP contribution in [0.3, 0.4) is 0 Å². The van der Waals surface area contributed by atoms with E-state index in [1.54, 1.807) is 13.0 Å². The van der Waals surface area contributed by atoms with Crippen LogP contribution < -0.4 is 0 Å². The van der Waals surface area contributed by atoms with Gasteiger partial charge in [0.25, 0.3) is 0 Å². The molecule has 0 heterocycles. The summed E-state index contributed by atoms with van der Waals surface area (Å²) < 4.78 is 0. The first kappa shape index (κ1) is 10.5. The highest BCUT2D eigenvalue weighted by atomic mass is 16.3. The van der Waals surface area contributed by atoms with Crippen LogP contribution in [0.1, 0.15) is 17.2 Å². The number of aromatic hydroxyl groups is 1. The summed E-state index contributed by atoms with van der Waals surface area (Å²) in [6.45, 7) is 1.68. The molecule has 0 saturated heterocycles. The predicted octanol–water partition coefficient (Wildman–Crippen LogP) is 0.618. The smallest absolute Gasteiger partial charge is 0.170 e. The third-order valence-corrected chi connectivity index (χ3v) is 2.00. The Kier molecular flexibility index (Phi) is 3.07. The maximum atomic E-state index is 9.51. The normalized spacial score (nSPS) is 14.4. The van der Waals surface area contributed by atoms with Gasteiger partial charge in [0.2, 0.25) is 0 Å². The van der Waals surface area contributed by atoms with Gasteiger partial charge in [-0.05, 0) is 30.2 Å². The van der Waals surface area contributed by atoms with E-state index in [4.69, 9.17) is 15.5 Å². The number of hydrogen-bond acceptors (Lipinski definition) is 4. The Morgan fingerprint density at radius 1 is 1.36 bits per heavy atom. The first-order valence-electron chi connectivity index (χ1n) is 4.11. The van der Waals surface area contributed by atoms with Gasteiger partial charge in [-0.2, -0.15) is 5.26 Å². The van der Waals surface area contributed by atoms with Gasteiger partial charge in [0, 0.05) is 0 Å². The lowest BCUT2D eigenvalue weighted by Crippen LogP contribution is -2.16. The Bertz CT molecular complexity index is 370. The number of rotatable bonds is 2. The minimum absolute atomic E-state index is 0.0879. The number of nitrogens with zero attached hydrogens (tertiary/aromatic N) is 1. The third kappa shape index (κ3) is 2.02. The van der Waals surface area contributed by atoms with Gasteiger partial charge in [-0.1, -0.05) is 6.07 Å². The summed E-state index contributed by atoms with van der Waals surface area (Å²) >= 11 is 0. The fourth-order valence-corrected chi connectivity index (χ4v) is 1.23. The van der Waals surface area contributed by atoms with Gasteiger partial charge in [0.05, 0.1) is 6.07 Å². The monoisotopic (exact) mass is 193 g/mol. The first-order chi connectivity index (χ1) is 6.56. The average Bonchev–Trinajstić information content (AvgIpc) is 2.15. The molecule has 4 nitrogen and oxygen atoms in total. The van der Waals surface area contributed by atoms with Crippen LogP contribution in [-0.2, 0) is 0 Å². The number of hydrogen-bond donors (Lipinski definition) is 3. The summed E-state index contributed by atoms with van der Waals surface area (Å²) in [5.41, 5.74) is 1.07. The Hall–Kier alpha value is -1.57. The second-order valence-electron chi connectivity index (χ2n) is 3.06. The van der Waals surface area contributed by atoms with E-state index in [2.05, 4.69) is 0 Å². The van der Waals surface area contributed by atoms with E-state index in [0.29, 0.717) is 11.1 Å². The number of nitriles is 1. The second kappa shape index (κ2) is 4.09. The molecule has 2 atom stereocenters. The van der Waals surface area contributed by atoms with Crippen molar-refractivity contribution >= 4 is 0 Å². The molecule has 0 saturated carbocycles. The fourth-order valence-electron chi connectivity index (χ4n) is 1.23. The van der Waals surface area contributed by atoms with E-state index in [1.165, 1.54) is 18.2 Å². The van der Waals surface area contributed by atoms with Gasteiger partial charge in [0.1, 0.15) is 11.9 Å². The van der Waals surface area contributed by atoms with E-state index in [1.807, 2.05) is 0 Å². The number of phenolic OH excluding ortho intramolecular Hbond substituents is 1. The van der Waals surface area contributed by atoms with Crippen LogP contribution in [0.25, 0.3) is 0 Å². The van der Waals surface area contributed by atoms with Crippen molar-refractivity contribution in [2.75, 3.05) is 0 Å². The third-order valence-electron chi connectivity index (χ3n) is 2.00. The van der Waals surface area contributed by atoms with Gasteiger partial charge in [-0.3, -0.25) is 0 Å². The maximum absolute atomic E-state index is 9.51. The zero-order chi connectivity index (χ0) is 10.7. The first-order valence-corrected chi connectivity index (χ1v) is 4.11. The van der Waals surface area contributed by atoms with Gasteiger partial charge >= 0.3 is 0 Å². The van der Waals surface area contributed by atoms with Crippen LogP contribution in [0.2, 0.25) is 0 Å². The van der Waals surface area contributed by atoms with Crippen LogP contribution >= 0.6 is 0 Å². The summed E-state index contributed by atoms with van der Waals surface area (Å²) in [5, 5.41) is 36.1. The van der Waals surface area contributed by atoms with E-state index in [0.717, 1.165) is 0 Å². The van der Waals surface area contributed by atoms with Crippen LogP contribution in [0, 0.1) is 18.3 Å². The van der Waals surface area contributed by atoms with E-state index < -0.39 is 12.2 Å². The molecule has 0 aliphatic carbocycles. The molecule has 0 bridgehead atoms. The molecule has 0 radical (unpaired) electrons. The zero-order valence-corrected chi connectivity index (χ0v) is 7.68. The molecule has 0 fully saturated rings. The zero-order valence-electron chi connectivity index (χ0n) is 7.68. The molecule has 4 heteroatoms. The average molecular weight is 193 g/mol. The lowest BCUT2D eigenvalue weighted by atomic mass is 10.00. The fraction of sp³-hybridized carbons (Fsp3) is 0.300. The molecule has 74 valence electrons. The molecule has 2 unspecified atom stereocenters. The van der Waals surface area contributed by atoms with E-state index in [-0.39, 0.29) is 5.75 Å². The summed E-state index contributed by atoms with van der Waals surface area (Å²) in [4.78, 5) is 0. The summed E-state index contributed by atoms with van der Waals surface area (Å²) in [6, 6.07) is 5.89. The van der Waals surface area contributed by atoms with Gasteiger partial charge < -0.3 is 15.3 Å². The standard InChI is InChI=1S/C10H11NO3/c1-6-4-7(12)2-3-8(6)10(14)9(13)5-11/h2-4,9-10,12-14H,1H3. The quantitative estimate of drug-likeness (QED) is 0.601. The number of phenols is 1. The number of benzene rings is 1. The van der Waals surface area contributed by atoms with Crippen LogP contribution in [0.4, 0.5) is 0 Å². The molecule has 0 spiro atoms. The summed E-state index contributed by atoms with van der Waals surface area (Å²) in [5.74, 6) is 0.0879. The van der Waals surface area contributed by atoms with Crippen LogP contribution in [0.5, 0.6) is 5.75 Å². The Morgan fingerprint density at radius 2 is 2.00 bits per heavy atom. The number of aliphatic hydroxyl groups is 2. The van der Waals surface area contributed by atoms with Gasteiger partial charge in [0.15, 0.2) is 6.10 Å².